The second kappa shape index (κ2) is 6.28. The zero-order valence-electron chi connectivity index (χ0n) is 16.5. The number of benzene rings is 4. The minimum atomic E-state index is -0.321. The third kappa shape index (κ3) is 2.21. The molecule has 0 saturated carbocycles. The third-order valence-electron chi connectivity index (χ3n) is 6.03. The van der Waals surface area contributed by atoms with Crippen LogP contribution >= 0.6 is 0 Å². The van der Waals surface area contributed by atoms with Crippen LogP contribution in [0.25, 0.3) is 43.4 Å². The molecule has 32 heavy (non-hydrogen) atoms. The summed E-state index contributed by atoms with van der Waals surface area (Å²) in [6.07, 6.45) is 0. The lowest BCUT2D eigenvalue weighted by atomic mass is 9.99. The van der Waals surface area contributed by atoms with Crippen LogP contribution in [0.3, 0.4) is 0 Å². The van der Waals surface area contributed by atoms with Crippen molar-refractivity contribution in [1.82, 2.24) is 9.97 Å². The molecule has 0 radical (unpaired) electrons. The monoisotopic (exact) mass is 412 g/mol. The van der Waals surface area contributed by atoms with Gasteiger partial charge in [0.2, 0.25) is 10.9 Å². The van der Waals surface area contributed by atoms with E-state index in [-0.39, 0.29) is 21.6 Å². The highest BCUT2D eigenvalue weighted by Gasteiger charge is 2.14. The average molecular weight is 412 g/mol. The van der Waals surface area contributed by atoms with Crippen LogP contribution in [0.5, 0.6) is 0 Å². The summed E-state index contributed by atoms with van der Waals surface area (Å²) in [6, 6.07) is 21.7. The van der Waals surface area contributed by atoms with Gasteiger partial charge in [-0.3, -0.25) is 9.59 Å². The van der Waals surface area contributed by atoms with E-state index in [1.165, 1.54) is 0 Å². The van der Waals surface area contributed by atoms with Crippen molar-refractivity contribution in [1.29, 1.82) is 10.5 Å². The molecule has 0 aliphatic carbocycles. The van der Waals surface area contributed by atoms with Crippen LogP contribution < -0.4 is 10.9 Å². The molecule has 0 bridgehead atoms. The molecule has 0 fully saturated rings. The molecule has 4 aromatic carbocycles. The number of nitrogens with zero attached hydrogens (tertiary/aromatic N) is 2. The molecule has 0 unspecified atom stereocenters. The fraction of sp³-hybridized carbons (Fsp3) is 0. The average Bonchev–Trinajstić information content (AvgIpc) is 2.83. The lowest BCUT2D eigenvalue weighted by Crippen LogP contribution is -2.14. The summed E-state index contributed by atoms with van der Waals surface area (Å²) in [5, 5.41) is 22.8. The summed E-state index contributed by atoms with van der Waals surface area (Å²) in [4.78, 5) is 33.2. The lowest BCUT2D eigenvalue weighted by Gasteiger charge is -2.08. The molecular formula is C26H12N4O2. The van der Waals surface area contributed by atoms with Gasteiger partial charge >= 0.3 is 0 Å². The highest BCUT2D eigenvalue weighted by molar-refractivity contribution is 6.11. The van der Waals surface area contributed by atoms with E-state index in [1.54, 1.807) is 24.3 Å². The van der Waals surface area contributed by atoms with Crippen LogP contribution in [0.2, 0.25) is 0 Å². The molecule has 6 nitrogen and oxygen atoms in total. The number of hydrogen-bond donors (Lipinski definition) is 2. The topological polar surface area (TPSA) is 113 Å². The molecule has 0 amide bonds. The molecule has 2 heterocycles. The number of pyridine rings is 2. The number of aromatic nitrogens is 2. The van der Waals surface area contributed by atoms with Crippen molar-refractivity contribution < 1.29 is 0 Å². The van der Waals surface area contributed by atoms with Gasteiger partial charge in [-0.05, 0) is 36.4 Å². The maximum Gasteiger partial charge on any atom is 0.212 e. The summed E-state index contributed by atoms with van der Waals surface area (Å²) in [5.41, 5.74) is 1.65. The predicted octanol–water partition coefficient (Wildman–Crippen LogP) is 4.14. The largest absolute Gasteiger partial charge is 0.350 e. The Balaban J connectivity index is 1.91. The Hall–Kier alpha value is -4.94. The predicted molar refractivity (Wildman–Crippen MR) is 122 cm³/mol. The van der Waals surface area contributed by atoms with E-state index in [1.807, 2.05) is 36.4 Å². The number of H-pyrrole nitrogens is 2. The first kappa shape index (κ1) is 17.9. The van der Waals surface area contributed by atoms with Gasteiger partial charge in [-0.15, -0.1) is 0 Å². The smallest absolute Gasteiger partial charge is 0.212 e. The SMILES string of the molecule is N#Cc1ccc2c(=O)/c(=c3/[nH]c4cccc5c(C#N)ccc(c3=O)c45)[nH]c3cccc1c32. The second-order valence-electron chi connectivity index (χ2n) is 7.66. The van der Waals surface area contributed by atoms with Crippen LogP contribution in [-0.2, 0) is 0 Å². The molecule has 6 aromatic rings. The summed E-state index contributed by atoms with van der Waals surface area (Å²) < 4.78 is 0. The fourth-order valence-corrected chi connectivity index (χ4v) is 4.60. The first-order valence-corrected chi connectivity index (χ1v) is 9.91. The summed E-state index contributed by atoms with van der Waals surface area (Å²) >= 11 is 0. The Labute approximate surface area is 179 Å². The van der Waals surface area contributed by atoms with Gasteiger partial charge in [0.05, 0.1) is 23.3 Å². The van der Waals surface area contributed by atoms with E-state index in [4.69, 9.17) is 0 Å². The Kier molecular flexibility index (Phi) is 3.51. The van der Waals surface area contributed by atoms with Crippen LogP contribution in [0.4, 0.5) is 0 Å². The molecule has 148 valence electrons. The van der Waals surface area contributed by atoms with Crippen LogP contribution in [-0.4, -0.2) is 9.97 Å². The van der Waals surface area contributed by atoms with E-state index in [2.05, 4.69) is 22.1 Å². The van der Waals surface area contributed by atoms with Crippen molar-refractivity contribution in [3.8, 4) is 12.1 Å². The second-order valence-corrected chi connectivity index (χ2v) is 7.66. The Bertz CT molecular complexity index is 1900. The molecule has 6 heteroatoms. The van der Waals surface area contributed by atoms with Gasteiger partial charge in [0, 0.05) is 43.4 Å². The zero-order valence-corrected chi connectivity index (χ0v) is 16.5. The minimum absolute atomic E-state index is 0.159. The summed E-state index contributed by atoms with van der Waals surface area (Å²) in [5.74, 6) is 0. The van der Waals surface area contributed by atoms with E-state index in [0.717, 1.165) is 0 Å². The van der Waals surface area contributed by atoms with Crippen LogP contribution in [0.15, 0.2) is 70.3 Å². The molecular weight excluding hydrogens is 400 g/mol. The van der Waals surface area contributed by atoms with Gasteiger partial charge in [-0.2, -0.15) is 10.5 Å². The van der Waals surface area contributed by atoms with E-state index in [0.29, 0.717) is 54.5 Å². The van der Waals surface area contributed by atoms with E-state index < -0.39 is 0 Å². The van der Waals surface area contributed by atoms with Crippen molar-refractivity contribution in [2.75, 3.05) is 0 Å². The van der Waals surface area contributed by atoms with Gasteiger partial charge in [-0.25, -0.2) is 0 Å². The first-order chi connectivity index (χ1) is 15.6. The number of nitriles is 2. The zero-order chi connectivity index (χ0) is 22.0. The number of aromatic amines is 2. The Morgan fingerprint density at radius 1 is 0.562 bits per heavy atom. The molecule has 0 aliphatic heterocycles. The molecule has 0 spiro atoms. The third-order valence-corrected chi connectivity index (χ3v) is 6.03. The quantitative estimate of drug-likeness (QED) is 0.390. The molecule has 6 rings (SSSR count). The van der Waals surface area contributed by atoms with Crippen molar-refractivity contribution in [3.63, 3.8) is 0 Å². The van der Waals surface area contributed by atoms with Gasteiger partial charge in [0.25, 0.3) is 0 Å². The van der Waals surface area contributed by atoms with Gasteiger partial charge in [0.1, 0.15) is 10.7 Å². The van der Waals surface area contributed by atoms with Gasteiger partial charge in [0.15, 0.2) is 0 Å². The summed E-state index contributed by atoms with van der Waals surface area (Å²) in [6.45, 7) is 0. The minimum Gasteiger partial charge on any atom is -0.350 e. The lowest BCUT2D eigenvalue weighted by molar-refractivity contribution is 1.17. The van der Waals surface area contributed by atoms with Crippen molar-refractivity contribution in [2.24, 2.45) is 0 Å². The Morgan fingerprint density at radius 2 is 1.00 bits per heavy atom. The molecule has 2 N–H and O–H groups in total. The number of hydrogen-bond acceptors (Lipinski definition) is 4. The molecule has 0 atom stereocenters. The van der Waals surface area contributed by atoms with Crippen molar-refractivity contribution in [2.45, 2.75) is 0 Å². The van der Waals surface area contributed by atoms with Crippen molar-refractivity contribution >= 4 is 43.4 Å². The first-order valence-electron chi connectivity index (χ1n) is 9.91. The molecule has 0 saturated heterocycles. The highest BCUT2D eigenvalue weighted by Crippen LogP contribution is 2.27. The normalized spacial score (nSPS) is 12.4. The maximum atomic E-state index is 13.5. The molecule has 2 aromatic heterocycles. The van der Waals surface area contributed by atoms with Crippen LogP contribution in [0, 0.1) is 33.4 Å². The van der Waals surface area contributed by atoms with Crippen molar-refractivity contribution in [3.05, 3.63) is 103 Å². The van der Waals surface area contributed by atoms with E-state index in [9.17, 15) is 20.1 Å². The van der Waals surface area contributed by atoms with Gasteiger partial charge in [-0.1, -0.05) is 24.3 Å². The van der Waals surface area contributed by atoms with Crippen LogP contribution in [0.1, 0.15) is 11.1 Å². The maximum absolute atomic E-state index is 13.5. The highest BCUT2D eigenvalue weighted by atomic mass is 16.1. The standard InChI is InChI=1S/C26H12N4O2/c27-11-13-7-9-17-21-15(13)3-1-5-19(21)29-23(25(17)31)24-26(32)18-10-8-14(12-28)16-4-2-6-20(30-24)22(16)18/h1-10,29-30H/b24-23-. The molecule has 0 aliphatic rings. The van der Waals surface area contributed by atoms with Gasteiger partial charge < -0.3 is 9.97 Å². The number of nitrogens with one attached hydrogen (secondary N) is 2. The summed E-state index contributed by atoms with van der Waals surface area (Å²) in [7, 11) is 0. The number of rotatable bonds is 0. The van der Waals surface area contributed by atoms with E-state index >= 15 is 0 Å². The fourth-order valence-electron chi connectivity index (χ4n) is 4.60. The Morgan fingerprint density at radius 3 is 1.41 bits per heavy atom.